The van der Waals surface area contributed by atoms with Gasteiger partial charge in [-0.25, -0.2) is 0 Å². The number of H-pyrrole nitrogens is 1. The molecule has 2 rings (SSSR count). The summed E-state index contributed by atoms with van der Waals surface area (Å²) in [7, 11) is 0. The van der Waals surface area contributed by atoms with Crippen molar-refractivity contribution in [3.8, 4) is 0 Å². The Hall–Kier alpha value is -1.49. The molecule has 0 bridgehead atoms. The number of carbonyl (C=O) groups is 1. The van der Waals surface area contributed by atoms with Crippen LogP contribution in [0.25, 0.3) is 0 Å². The summed E-state index contributed by atoms with van der Waals surface area (Å²) in [6.07, 6.45) is 2.52. The first-order valence-corrected chi connectivity index (χ1v) is 6.35. The van der Waals surface area contributed by atoms with Gasteiger partial charge >= 0.3 is 0 Å². The number of nitrogens with one attached hydrogen (secondary N) is 2. The minimum atomic E-state index is -0.118. The first-order valence-electron chi connectivity index (χ1n) is 5.47. The lowest BCUT2D eigenvalue weighted by molar-refractivity contribution is -0.114. The molecule has 1 unspecified atom stereocenters. The normalized spacial score (nSPS) is 19.3. The van der Waals surface area contributed by atoms with Crippen LogP contribution < -0.4 is 10.9 Å². The quantitative estimate of drug-likeness (QED) is 0.860. The maximum Gasteiger partial charge on any atom is 0.247 e. The Balaban J connectivity index is 2.22. The number of thioether (sulfide) groups is 1. The topological polar surface area (TPSA) is 62.0 Å². The summed E-state index contributed by atoms with van der Waals surface area (Å²) < 4.78 is 0. The third-order valence-electron chi connectivity index (χ3n) is 2.60. The van der Waals surface area contributed by atoms with Crippen LogP contribution in [0, 0.1) is 0 Å². The molecule has 0 radical (unpaired) electrons. The van der Waals surface area contributed by atoms with E-state index in [0.29, 0.717) is 5.70 Å². The molecule has 1 aromatic heterocycles. The zero-order valence-corrected chi connectivity index (χ0v) is 10.6. The fourth-order valence-corrected chi connectivity index (χ4v) is 2.97. The van der Waals surface area contributed by atoms with Gasteiger partial charge in [0.2, 0.25) is 5.56 Å². The molecule has 1 aliphatic rings. The lowest BCUT2D eigenvalue weighted by Crippen LogP contribution is -2.18. The van der Waals surface area contributed by atoms with Crippen molar-refractivity contribution in [2.75, 3.05) is 0 Å². The van der Waals surface area contributed by atoms with E-state index >= 15 is 0 Å². The fourth-order valence-electron chi connectivity index (χ4n) is 1.74. The highest BCUT2D eigenvalue weighted by Crippen LogP contribution is 2.41. The second-order valence-corrected chi connectivity index (χ2v) is 5.04. The van der Waals surface area contributed by atoms with Crippen molar-refractivity contribution >= 4 is 17.5 Å². The minimum absolute atomic E-state index is 0.0145. The Kier molecular flexibility index (Phi) is 3.38. The average molecular weight is 250 g/mol. The Bertz CT molecular complexity index is 513. The number of carbonyl (C=O) groups excluding carboxylic acids is 1. The summed E-state index contributed by atoms with van der Waals surface area (Å²) >= 11 is 1.63. The predicted molar refractivity (Wildman–Crippen MR) is 68.5 cm³/mol. The van der Waals surface area contributed by atoms with Crippen molar-refractivity contribution in [1.29, 1.82) is 0 Å². The maximum absolute atomic E-state index is 11.5. The molecule has 1 aromatic rings. The highest BCUT2D eigenvalue weighted by atomic mass is 32.2. The molecule has 0 amide bonds. The highest BCUT2D eigenvalue weighted by Gasteiger charge is 2.26. The molecule has 5 heteroatoms. The van der Waals surface area contributed by atoms with E-state index in [2.05, 4.69) is 10.3 Å². The number of aromatic nitrogens is 1. The van der Waals surface area contributed by atoms with Crippen molar-refractivity contribution in [2.24, 2.45) is 0 Å². The van der Waals surface area contributed by atoms with Gasteiger partial charge in [0.25, 0.3) is 0 Å². The van der Waals surface area contributed by atoms with Crippen molar-refractivity contribution < 1.29 is 4.79 Å². The third-order valence-corrected chi connectivity index (χ3v) is 4.00. The second-order valence-electron chi connectivity index (χ2n) is 3.84. The van der Waals surface area contributed by atoms with Gasteiger partial charge in [-0.1, -0.05) is 18.7 Å². The maximum atomic E-state index is 11.5. The van der Waals surface area contributed by atoms with E-state index in [1.165, 1.54) is 6.07 Å². The molecule has 2 heterocycles. The van der Waals surface area contributed by atoms with E-state index in [1.54, 1.807) is 30.9 Å². The van der Waals surface area contributed by atoms with E-state index in [-0.39, 0.29) is 16.7 Å². The van der Waals surface area contributed by atoms with Gasteiger partial charge < -0.3 is 10.3 Å². The lowest BCUT2D eigenvalue weighted by atomic mass is 10.2. The first kappa shape index (κ1) is 12.0. The van der Waals surface area contributed by atoms with Crippen LogP contribution in [-0.4, -0.2) is 10.8 Å². The molecule has 0 fully saturated rings. The summed E-state index contributed by atoms with van der Waals surface area (Å²) in [4.78, 5) is 26.2. The van der Waals surface area contributed by atoms with Gasteiger partial charge in [-0.05, 0) is 12.5 Å². The van der Waals surface area contributed by atoms with E-state index in [4.69, 9.17) is 0 Å². The molecule has 1 aliphatic heterocycles. The molecule has 2 N–H and O–H groups in total. The Morgan fingerprint density at radius 1 is 1.47 bits per heavy atom. The van der Waals surface area contributed by atoms with E-state index in [1.807, 2.05) is 6.92 Å². The van der Waals surface area contributed by atoms with Gasteiger partial charge in [-0.2, -0.15) is 0 Å². The standard InChI is InChI=1S/C12H14N2O2S/c1-3-9-11(7(2)15)14-12(17-9)8-4-5-10(16)13-6-8/h4-6,12,14H,3H2,1-2H3,(H,13,16). The van der Waals surface area contributed by atoms with E-state index in [0.717, 1.165) is 16.9 Å². The number of hydrogen-bond acceptors (Lipinski definition) is 4. The van der Waals surface area contributed by atoms with E-state index < -0.39 is 0 Å². The largest absolute Gasteiger partial charge is 0.366 e. The molecule has 0 saturated heterocycles. The van der Waals surface area contributed by atoms with Crippen LogP contribution in [0.15, 0.2) is 33.7 Å². The predicted octanol–water partition coefficient (Wildman–Crippen LogP) is 1.92. The molecular weight excluding hydrogens is 236 g/mol. The van der Waals surface area contributed by atoms with Gasteiger partial charge in [0, 0.05) is 29.7 Å². The fraction of sp³-hybridized carbons (Fsp3) is 0.333. The molecular formula is C12H14N2O2S. The molecule has 4 nitrogen and oxygen atoms in total. The van der Waals surface area contributed by atoms with Crippen molar-refractivity contribution in [3.05, 3.63) is 44.8 Å². The summed E-state index contributed by atoms with van der Waals surface area (Å²) in [6.45, 7) is 3.59. The summed E-state index contributed by atoms with van der Waals surface area (Å²) in [5.74, 6) is 0.0567. The summed E-state index contributed by atoms with van der Waals surface area (Å²) in [5, 5.41) is 3.21. The van der Waals surface area contributed by atoms with Gasteiger partial charge in [0.1, 0.15) is 5.37 Å². The SMILES string of the molecule is CCC1=C(C(C)=O)NC(c2ccc(=O)[nH]c2)S1. The number of Topliss-reactive ketones (excluding diaryl/α,β-unsaturated/α-hetero) is 1. The van der Waals surface area contributed by atoms with Crippen LogP contribution in [0.3, 0.4) is 0 Å². The Morgan fingerprint density at radius 2 is 2.24 bits per heavy atom. The van der Waals surface area contributed by atoms with Crippen LogP contribution in [-0.2, 0) is 4.79 Å². The van der Waals surface area contributed by atoms with Gasteiger partial charge in [-0.3, -0.25) is 9.59 Å². The zero-order chi connectivity index (χ0) is 12.4. The van der Waals surface area contributed by atoms with Gasteiger partial charge in [-0.15, -0.1) is 0 Å². The zero-order valence-electron chi connectivity index (χ0n) is 9.74. The molecule has 17 heavy (non-hydrogen) atoms. The number of allylic oxidation sites excluding steroid dienone is 2. The third kappa shape index (κ3) is 2.44. The van der Waals surface area contributed by atoms with Crippen LogP contribution in [0.4, 0.5) is 0 Å². The molecule has 0 spiro atoms. The smallest absolute Gasteiger partial charge is 0.247 e. The minimum Gasteiger partial charge on any atom is -0.366 e. The van der Waals surface area contributed by atoms with Gasteiger partial charge in [0.15, 0.2) is 5.78 Å². The van der Waals surface area contributed by atoms with Gasteiger partial charge in [0.05, 0.1) is 5.70 Å². The number of aromatic amines is 1. The van der Waals surface area contributed by atoms with Crippen molar-refractivity contribution in [3.63, 3.8) is 0 Å². The van der Waals surface area contributed by atoms with Crippen LogP contribution in [0.2, 0.25) is 0 Å². The van der Waals surface area contributed by atoms with E-state index in [9.17, 15) is 9.59 Å². The summed E-state index contributed by atoms with van der Waals surface area (Å²) in [6, 6.07) is 3.27. The lowest BCUT2D eigenvalue weighted by Gasteiger charge is -2.11. The second kappa shape index (κ2) is 4.79. The van der Waals surface area contributed by atoms with Crippen LogP contribution in [0.5, 0.6) is 0 Å². The highest BCUT2D eigenvalue weighted by molar-refractivity contribution is 8.03. The number of pyridine rings is 1. The van der Waals surface area contributed by atoms with Crippen molar-refractivity contribution in [2.45, 2.75) is 25.6 Å². The average Bonchev–Trinajstić information content (AvgIpc) is 2.74. The van der Waals surface area contributed by atoms with Crippen molar-refractivity contribution in [1.82, 2.24) is 10.3 Å². The first-order chi connectivity index (χ1) is 8.11. The molecule has 0 aliphatic carbocycles. The monoisotopic (exact) mass is 250 g/mol. The molecule has 1 atom stereocenters. The molecule has 0 aromatic carbocycles. The summed E-state index contributed by atoms with van der Waals surface area (Å²) in [5.41, 5.74) is 1.55. The Labute approximate surface area is 104 Å². The number of rotatable bonds is 3. The Morgan fingerprint density at radius 3 is 2.71 bits per heavy atom. The molecule has 0 saturated carbocycles. The number of hydrogen-bond donors (Lipinski definition) is 2. The van der Waals surface area contributed by atoms with Crippen LogP contribution in [0.1, 0.15) is 31.2 Å². The number of ketones is 1. The van der Waals surface area contributed by atoms with Crippen LogP contribution >= 0.6 is 11.8 Å². The molecule has 90 valence electrons.